The van der Waals surface area contributed by atoms with Gasteiger partial charge >= 0.3 is 0 Å². The molecule has 0 spiro atoms. The molecule has 1 aromatic carbocycles. The molecule has 0 radical (unpaired) electrons. The van der Waals surface area contributed by atoms with Crippen molar-refractivity contribution in [2.45, 2.75) is 33.2 Å². The van der Waals surface area contributed by atoms with Crippen LogP contribution in [0.5, 0.6) is 5.75 Å². The Morgan fingerprint density at radius 2 is 2.00 bits per heavy atom. The van der Waals surface area contributed by atoms with Crippen LogP contribution in [0.15, 0.2) is 23.2 Å². The van der Waals surface area contributed by atoms with E-state index < -0.39 is 0 Å². The maximum absolute atomic E-state index is 12.2. The van der Waals surface area contributed by atoms with Crippen LogP contribution in [0.25, 0.3) is 0 Å². The van der Waals surface area contributed by atoms with Crippen LogP contribution < -0.4 is 15.4 Å². The molecule has 1 aliphatic rings. The monoisotopic (exact) mass is 376 g/mol. The van der Waals surface area contributed by atoms with E-state index in [-0.39, 0.29) is 12.5 Å². The number of guanidine groups is 1. The Bertz CT molecular complexity index is 628. The standard InChI is InChI=1S/C20H32N4O3/c1-4-21-20(23-15-19(25)24-9-5-6-10-24)22-14-17-8-7-16(2)13-18(17)27-12-11-26-3/h7-8,13H,4-6,9-12,14-15H2,1-3H3,(H2,21,22,23). The van der Waals surface area contributed by atoms with Crippen LogP contribution in [-0.4, -0.2) is 63.3 Å². The molecule has 2 N–H and O–H groups in total. The Labute approximate surface area is 162 Å². The zero-order chi connectivity index (χ0) is 19.5. The van der Waals surface area contributed by atoms with E-state index in [1.807, 2.05) is 36.9 Å². The minimum absolute atomic E-state index is 0.122. The van der Waals surface area contributed by atoms with Gasteiger partial charge in [-0.05, 0) is 38.3 Å². The zero-order valence-corrected chi connectivity index (χ0v) is 16.7. The summed E-state index contributed by atoms with van der Waals surface area (Å²) < 4.78 is 10.9. The minimum Gasteiger partial charge on any atom is -0.491 e. The van der Waals surface area contributed by atoms with E-state index in [4.69, 9.17) is 9.47 Å². The lowest BCUT2D eigenvalue weighted by atomic mass is 10.1. The average molecular weight is 377 g/mol. The molecule has 1 saturated heterocycles. The molecule has 1 fully saturated rings. The highest BCUT2D eigenvalue weighted by molar-refractivity contribution is 5.86. The van der Waals surface area contributed by atoms with E-state index >= 15 is 0 Å². The molecule has 0 unspecified atom stereocenters. The summed E-state index contributed by atoms with van der Waals surface area (Å²) in [5, 5.41) is 6.33. The fourth-order valence-electron chi connectivity index (χ4n) is 2.91. The smallest absolute Gasteiger partial charge is 0.241 e. The van der Waals surface area contributed by atoms with Gasteiger partial charge in [-0.1, -0.05) is 12.1 Å². The second-order valence-corrected chi connectivity index (χ2v) is 6.59. The molecule has 1 amide bonds. The molecule has 1 aliphatic heterocycles. The number of hydrogen-bond donors (Lipinski definition) is 2. The number of methoxy groups -OCH3 is 1. The van der Waals surface area contributed by atoms with Crippen LogP contribution in [0.1, 0.15) is 30.9 Å². The Morgan fingerprint density at radius 3 is 2.70 bits per heavy atom. The molecule has 0 bridgehead atoms. The highest BCUT2D eigenvalue weighted by Crippen LogP contribution is 2.21. The molecule has 27 heavy (non-hydrogen) atoms. The zero-order valence-electron chi connectivity index (χ0n) is 16.7. The van der Waals surface area contributed by atoms with Crippen molar-refractivity contribution < 1.29 is 14.3 Å². The fourth-order valence-corrected chi connectivity index (χ4v) is 2.91. The van der Waals surface area contributed by atoms with Gasteiger partial charge in [0, 0.05) is 32.3 Å². The van der Waals surface area contributed by atoms with Gasteiger partial charge in [0.15, 0.2) is 5.96 Å². The summed E-state index contributed by atoms with van der Waals surface area (Å²) in [4.78, 5) is 18.7. The van der Waals surface area contributed by atoms with Crippen molar-refractivity contribution in [3.8, 4) is 5.75 Å². The van der Waals surface area contributed by atoms with Gasteiger partial charge in [0.25, 0.3) is 0 Å². The van der Waals surface area contributed by atoms with Crippen molar-refractivity contribution in [3.05, 3.63) is 29.3 Å². The number of carbonyl (C=O) groups is 1. The van der Waals surface area contributed by atoms with Crippen molar-refractivity contribution in [3.63, 3.8) is 0 Å². The van der Waals surface area contributed by atoms with Gasteiger partial charge in [0.1, 0.15) is 12.4 Å². The SMILES string of the molecule is CCNC(=NCc1ccc(C)cc1OCCOC)NCC(=O)N1CCCC1. The second-order valence-electron chi connectivity index (χ2n) is 6.59. The summed E-state index contributed by atoms with van der Waals surface area (Å²) in [6.45, 7) is 8.26. The van der Waals surface area contributed by atoms with Gasteiger partial charge in [-0.15, -0.1) is 0 Å². The number of carbonyl (C=O) groups excluding carboxylic acids is 1. The lowest BCUT2D eigenvalue weighted by Gasteiger charge is -2.17. The van der Waals surface area contributed by atoms with Crippen LogP contribution in [0.4, 0.5) is 0 Å². The normalized spacial score (nSPS) is 14.3. The number of likely N-dealkylation sites (tertiary alicyclic amines) is 1. The van der Waals surface area contributed by atoms with E-state index in [9.17, 15) is 4.79 Å². The Balaban J connectivity index is 1.97. The number of ether oxygens (including phenoxy) is 2. The quantitative estimate of drug-likeness (QED) is 0.390. The van der Waals surface area contributed by atoms with Crippen molar-refractivity contribution in [2.24, 2.45) is 4.99 Å². The topological polar surface area (TPSA) is 75.2 Å². The van der Waals surface area contributed by atoms with Crippen molar-refractivity contribution in [1.29, 1.82) is 0 Å². The van der Waals surface area contributed by atoms with Crippen LogP contribution in [0, 0.1) is 6.92 Å². The number of aryl methyl sites for hydroxylation is 1. The van der Waals surface area contributed by atoms with E-state index in [1.165, 1.54) is 0 Å². The third-order valence-electron chi connectivity index (χ3n) is 4.39. The number of benzene rings is 1. The lowest BCUT2D eigenvalue weighted by Crippen LogP contribution is -2.44. The first kappa shape index (κ1) is 21.0. The van der Waals surface area contributed by atoms with Crippen molar-refractivity contribution in [2.75, 3.05) is 46.5 Å². The van der Waals surface area contributed by atoms with Gasteiger partial charge in [-0.25, -0.2) is 4.99 Å². The third kappa shape index (κ3) is 7.09. The van der Waals surface area contributed by atoms with Gasteiger partial charge in [0.2, 0.25) is 5.91 Å². The molecule has 0 aromatic heterocycles. The van der Waals surface area contributed by atoms with Gasteiger partial charge in [-0.2, -0.15) is 0 Å². The van der Waals surface area contributed by atoms with Gasteiger partial charge in [0.05, 0.1) is 19.7 Å². The van der Waals surface area contributed by atoms with E-state index in [1.54, 1.807) is 7.11 Å². The molecule has 0 atom stereocenters. The largest absolute Gasteiger partial charge is 0.491 e. The lowest BCUT2D eigenvalue weighted by molar-refractivity contribution is -0.128. The average Bonchev–Trinajstić information content (AvgIpc) is 3.20. The fraction of sp³-hybridized carbons (Fsp3) is 0.600. The first-order valence-corrected chi connectivity index (χ1v) is 9.65. The van der Waals surface area contributed by atoms with Crippen LogP contribution in [0.3, 0.4) is 0 Å². The van der Waals surface area contributed by atoms with Crippen molar-refractivity contribution >= 4 is 11.9 Å². The summed E-state index contributed by atoms with van der Waals surface area (Å²) in [5.41, 5.74) is 2.14. The maximum atomic E-state index is 12.2. The predicted molar refractivity (Wildman–Crippen MR) is 107 cm³/mol. The number of aliphatic imine (C=N–C) groups is 1. The molecule has 1 heterocycles. The minimum atomic E-state index is 0.122. The number of nitrogens with zero attached hydrogens (tertiary/aromatic N) is 2. The first-order valence-electron chi connectivity index (χ1n) is 9.65. The molecule has 1 aromatic rings. The highest BCUT2D eigenvalue weighted by atomic mass is 16.5. The van der Waals surface area contributed by atoms with Crippen LogP contribution >= 0.6 is 0 Å². The molecule has 2 rings (SSSR count). The molecule has 150 valence electrons. The summed E-state index contributed by atoms with van der Waals surface area (Å²) in [7, 11) is 1.66. The Kier molecular flexibility index (Phi) is 8.91. The van der Waals surface area contributed by atoms with Crippen molar-refractivity contribution in [1.82, 2.24) is 15.5 Å². The number of amides is 1. The van der Waals surface area contributed by atoms with E-state index in [2.05, 4.69) is 15.6 Å². The number of rotatable bonds is 9. The van der Waals surface area contributed by atoms with Gasteiger partial charge < -0.3 is 25.0 Å². The summed E-state index contributed by atoms with van der Waals surface area (Å²) in [6, 6.07) is 6.09. The Hall–Kier alpha value is -2.28. The number of hydrogen-bond acceptors (Lipinski definition) is 4. The third-order valence-corrected chi connectivity index (χ3v) is 4.39. The second kappa shape index (κ2) is 11.4. The molecule has 0 saturated carbocycles. The molecule has 0 aliphatic carbocycles. The van der Waals surface area contributed by atoms with E-state index in [0.29, 0.717) is 25.7 Å². The summed E-state index contributed by atoms with van der Waals surface area (Å²) >= 11 is 0. The summed E-state index contributed by atoms with van der Waals surface area (Å²) in [5.74, 6) is 1.57. The maximum Gasteiger partial charge on any atom is 0.241 e. The van der Waals surface area contributed by atoms with Crippen LogP contribution in [0.2, 0.25) is 0 Å². The van der Waals surface area contributed by atoms with Gasteiger partial charge in [-0.3, -0.25) is 4.79 Å². The highest BCUT2D eigenvalue weighted by Gasteiger charge is 2.17. The predicted octanol–water partition coefficient (Wildman–Crippen LogP) is 1.70. The molecular formula is C20H32N4O3. The van der Waals surface area contributed by atoms with Crippen LogP contribution in [-0.2, 0) is 16.1 Å². The number of nitrogens with one attached hydrogen (secondary N) is 2. The Morgan fingerprint density at radius 1 is 1.22 bits per heavy atom. The molecule has 7 heteroatoms. The van der Waals surface area contributed by atoms with E-state index in [0.717, 1.165) is 49.4 Å². The first-order chi connectivity index (χ1) is 13.1. The summed E-state index contributed by atoms with van der Waals surface area (Å²) in [6.07, 6.45) is 2.19. The molecule has 7 nitrogen and oxygen atoms in total. The molecular weight excluding hydrogens is 344 g/mol.